The Kier molecular flexibility index (Phi) is 3.55. The van der Waals surface area contributed by atoms with Gasteiger partial charge in [0.2, 0.25) is 0 Å². The summed E-state index contributed by atoms with van der Waals surface area (Å²) in [7, 11) is 4.38. The zero-order valence-corrected chi connectivity index (χ0v) is 14.1. The number of hydrogen-bond donors (Lipinski definition) is 1. The summed E-state index contributed by atoms with van der Waals surface area (Å²) in [6.07, 6.45) is 1.35. The molecule has 1 aromatic carbocycles. The lowest BCUT2D eigenvalue weighted by molar-refractivity contribution is -0.935. The highest BCUT2D eigenvalue weighted by atomic mass is 16.5. The Morgan fingerprint density at radius 3 is 2.33 bits per heavy atom. The quantitative estimate of drug-likeness (QED) is 0.663. The Balaban J connectivity index is 1.45. The number of ether oxygens (including phenoxy) is 1. The Hall–Kier alpha value is -1.72. The van der Waals surface area contributed by atoms with E-state index in [4.69, 9.17) is 4.74 Å². The van der Waals surface area contributed by atoms with Gasteiger partial charge in [-0.3, -0.25) is 9.59 Å². The van der Waals surface area contributed by atoms with Crippen molar-refractivity contribution in [3.63, 3.8) is 0 Å². The van der Waals surface area contributed by atoms with Gasteiger partial charge in [0.25, 0.3) is 0 Å². The molecule has 1 aliphatic carbocycles. The largest absolute Gasteiger partial charge is 0.461 e. The van der Waals surface area contributed by atoms with Crippen molar-refractivity contribution >= 4 is 11.8 Å². The average Bonchev–Trinajstić information content (AvgIpc) is 3.19. The van der Waals surface area contributed by atoms with Crippen LogP contribution in [-0.4, -0.2) is 60.2 Å². The average molecular weight is 330 g/mol. The number of esters is 1. The molecule has 1 aromatic rings. The van der Waals surface area contributed by atoms with Gasteiger partial charge in [-0.05, 0) is 5.56 Å². The smallest absolute Gasteiger partial charge is 0.316 e. The van der Waals surface area contributed by atoms with Crippen molar-refractivity contribution in [3.8, 4) is 0 Å². The maximum atomic E-state index is 12.5. The maximum absolute atomic E-state index is 12.5. The van der Waals surface area contributed by atoms with Crippen LogP contribution in [-0.2, 0) is 14.3 Å². The van der Waals surface area contributed by atoms with Crippen LogP contribution in [0.1, 0.15) is 24.3 Å². The summed E-state index contributed by atoms with van der Waals surface area (Å²) in [5, 5.41) is 9.61. The first-order chi connectivity index (χ1) is 11.4. The second kappa shape index (κ2) is 5.39. The van der Waals surface area contributed by atoms with E-state index in [1.54, 1.807) is 0 Å². The van der Waals surface area contributed by atoms with Gasteiger partial charge >= 0.3 is 5.97 Å². The summed E-state index contributed by atoms with van der Waals surface area (Å²) in [6, 6.07) is 9.79. The molecule has 2 bridgehead atoms. The van der Waals surface area contributed by atoms with E-state index in [1.807, 2.05) is 30.3 Å². The Bertz CT molecular complexity index is 647. The number of nitrogens with zero attached hydrogens (tertiary/aromatic N) is 1. The molecule has 1 saturated carbocycles. The number of carbonyl (C=O) groups excluding carboxylic acids is 2. The standard InChI is InChI=1S/C19H24NO4/c1-20(2)14-8-12(9-15(20)17-16(14)18(17)22)24-19(23)13(10-21)11-6-4-3-5-7-11/h3-7,12-17,21H,8-10H2,1-2H3/q+1/t12?,13-,14-,15+,16-,17+/m1/s1. The molecule has 5 nitrogen and oxygen atoms in total. The summed E-state index contributed by atoms with van der Waals surface area (Å²) in [4.78, 5) is 24.5. The van der Waals surface area contributed by atoms with E-state index < -0.39 is 5.92 Å². The molecule has 2 saturated heterocycles. The van der Waals surface area contributed by atoms with Crippen LogP contribution in [0.5, 0.6) is 0 Å². The number of aliphatic hydroxyl groups is 1. The van der Waals surface area contributed by atoms with Crippen molar-refractivity contribution in [2.75, 3.05) is 20.7 Å². The first-order valence-electron chi connectivity index (χ1n) is 8.68. The summed E-state index contributed by atoms with van der Waals surface area (Å²) in [6.45, 7) is -0.256. The zero-order chi connectivity index (χ0) is 17.1. The van der Waals surface area contributed by atoms with Crippen LogP contribution in [0.25, 0.3) is 0 Å². The molecule has 128 valence electrons. The molecule has 0 amide bonds. The number of carbonyl (C=O) groups is 2. The third-order valence-electron chi connectivity index (χ3n) is 6.43. The van der Waals surface area contributed by atoms with Crippen molar-refractivity contribution in [2.24, 2.45) is 11.8 Å². The number of benzene rings is 1. The molecule has 3 aliphatic rings. The zero-order valence-electron chi connectivity index (χ0n) is 14.1. The predicted molar refractivity (Wildman–Crippen MR) is 87.1 cm³/mol. The Labute approximate surface area is 141 Å². The number of hydrogen-bond acceptors (Lipinski definition) is 4. The molecular formula is C19H24NO4+. The molecule has 3 fully saturated rings. The number of ketones is 1. The highest BCUT2D eigenvalue weighted by Crippen LogP contribution is 2.58. The van der Waals surface area contributed by atoms with Crippen LogP contribution in [0.15, 0.2) is 30.3 Å². The third kappa shape index (κ3) is 2.22. The molecule has 4 rings (SSSR count). The van der Waals surface area contributed by atoms with Gasteiger partial charge in [0.05, 0.1) is 32.5 Å². The van der Waals surface area contributed by atoms with E-state index in [0.717, 1.165) is 22.9 Å². The topological polar surface area (TPSA) is 63.6 Å². The molecule has 5 heteroatoms. The number of quaternary nitrogens is 1. The molecule has 0 spiro atoms. The van der Waals surface area contributed by atoms with Crippen molar-refractivity contribution in [3.05, 3.63) is 35.9 Å². The first kappa shape index (κ1) is 15.8. The van der Waals surface area contributed by atoms with Crippen LogP contribution < -0.4 is 0 Å². The predicted octanol–water partition coefficient (Wildman–Crippen LogP) is 1.11. The maximum Gasteiger partial charge on any atom is 0.316 e. The van der Waals surface area contributed by atoms with E-state index in [1.165, 1.54) is 0 Å². The van der Waals surface area contributed by atoms with Crippen molar-refractivity contribution in [1.82, 2.24) is 0 Å². The second-order valence-electron chi connectivity index (χ2n) is 7.89. The highest BCUT2D eigenvalue weighted by molar-refractivity contribution is 6.01. The number of rotatable bonds is 4. The van der Waals surface area contributed by atoms with E-state index in [-0.39, 0.29) is 42.6 Å². The van der Waals surface area contributed by atoms with Gasteiger partial charge in [-0.1, -0.05) is 30.3 Å². The molecule has 2 heterocycles. The van der Waals surface area contributed by atoms with Gasteiger partial charge in [0, 0.05) is 12.8 Å². The van der Waals surface area contributed by atoms with E-state index in [0.29, 0.717) is 5.78 Å². The monoisotopic (exact) mass is 330 g/mol. The highest BCUT2D eigenvalue weighted by Gasteiger charge is 2.74. The van der Waals surface area contributed by atoms with Gasteiger partial charge < -0.3 is 14.3 Å². The normalized spacial score (nSPS) is 36.8. The lowest BCUT2D eigenvalue weighted by atomic mass is 9.92. The summed E-state index contributed by atoms with van der Waals surface area (Å²) >= 11 is 0. The lowest BCUT2D eigenvalue weighted by Crippen LogP contribution is -2.59. The molecule has 1 N–H and O–H groups in total. The molecule has 24 heavy (non-hydrogen) atoms. The van der Waals surface area contributed by atoms with Crippen molar-refractivity contribution in [1.29, 1.82) is 0 Å². The minimum absolute atomic E-state index is 0.142. The van der Waals surface area contributed by atoms with Crippen molar-refractivity contribution in [2.45, 2.75) is 36.9 Å². The summed E-state index contributed by atoms with van der Waals surface area (Å²) in [5.41, 5.74) is 0.776. The van der Waals surface area contributed by atoms with Crippen LogP contribution >= 0.6 is 0 Å². The fraction of sp³-hybridized carbons (Fsp3) is 0.579. The molecule has 0 aromatic heterocycles. The SMILES string of the molecule is C[N+]1(C)[C@@H]2CC(OC(=O)[C@H](CO)c3ccccc3)C[C@H]1[C@@H]1C(=O)[C@@H]12. The van der Waals surface area contributed by atoms with Crippen LogP contribution in [0.3, 0.4) is 0 Å². The summed E-state index contributed by atoms with van der Waals surface area (Å²) < 4.78 is 6.63. The molecular weight excluding hydrogens is 306 g/mol. The number of Topliss-reactive ketones (excluding diaryl/α,β-unsaturated/α-hetero) is 1. The minimum atomic E-state index is -0.635. The number of piperidine rings is 2. The van der Waals surface area contributed by atoms with Gasteiger partial charge in [0.15, 0.2) is 5.78 Å². The minimum Gasteiger partial charge on any atom is -0.461 e. The molecule has 1 unspecified atom stereocenters. The van der Waals surface area contributed by atoms with E-state index >= 15 is 0 Å². The lowest BCUT2D eigenvalue weighted by Gasteiger charge is -2.45. The van der Waals surface area contributed by atoms with Gasteiger partial charge in [-0.15, -0.1) is 0 Å². The Morgan fingerprint density at radius 1 is 1.21 bits per heavy atom. The fourth-order valence-corrected chi connectivity index (χ4v) is 5.03. The number of aliphatic hydroxyl groups excluding tert-OH is 1. The third-order valence-corrected chi connectivity index (χ3v) is 6.43. The van der Waals surface area contributed by atoms with Gasteiger partial charge in [-0.2, -0.15) is 0 Å². The van der Waals surface area contributed by atoms with E-state index in [2.05, 4.69) is 14.1 Å². The number of fused-ring (bicyclic) bond motifs is 5. The van der Waals surface area contributed by atoms with Crippen LogP contribution in [0.2, 0.25) is 0 Å². The fourth-order valence-electron chi connectivity index (χ4n) is 5.03. The van der Waals surface area contributed by atoms with Crippen LogP contribution in [0.4, 0.5) is 0 Å². The second-order valence-corrected chi connectivity index (χ2v) is 7.89. The van der Waals surface area contributed by atoms with Gasteiger partial charge in [-0.25, -0.2) is 0 Å². The first-order valence-corrected chi connectivity index (χ1v) is 8.68. The molecule has 2 aliphatic heterocycles. The van der Waals surface area contributed by atoms with Crippen LogP contribution in [0, 0.1) is 11.8 Å². The Morgan fingerprint density at radius 2 is 1.79 bits per heavy atom. The molecule has 6 atom stereocenters. The molecule has 0 radical (unpaired) electrons. The van der Waals surface area contributed by atoms with E-state index in [9.17, 15) is 14.7 Å². The van der Waals surface area contributed by atoms with Gasteiger partial charge in [0.1, 0.15) is 24.1 Å². The van der Waals surface area contributed by atoms with Crippen molar-refractivity contribution < 1.29 is 23.9 Å². The summed E-state index contributed by atoms with van der Waals surface area (Å²) in [5.74, 6) is -0.234.